The van der Waals surface area contributed by atoms with Crippen LogP contribution in [-0.2, 0) is 0 Å². The standard InChI is InChI=1S/C8H3ClF2INS/c9-8-4(10)1-2-6-7(8)5(11)3-13(6)14-12/h1-3H. The van der Waals surface area contributed by atoms with Gasteiger partial charge < -0.3 is 0 Å². The van der Waals surface area contributed by atoms with E-state index < -0.39 is 11.6 Å². The fourth-order valence-corrected chi connectivity index (χ4v) is 2.83. The number of hydrogen-bond acceptors (Lipinski definition) is 1. The van der Waals surface area contributed by atoms with Gasteiger partial charge in [-0.15, -0.1) is 0 Å². The normalized spacial score (nSPS) is 11.1. The molecule has 0 spiro atoms. The molecule has 0 saturated carbocycles. The average molecular weight is 346 g/mol. The first kappa shape index (κ1) is 10.5. The molecule has 1 aromatic carbocycles. The SMILES string of the molecule is Fc1ccc2c(c(F)cn2SI)c1Cl. The van der Waals surface area contributed by atoms with Crippen LogP contribution in [0, 0.1) is 11.6 Å². The lowest BCUT2D eigenvalue weighted by atomic mass is 10.2. The molecule has 0 unspecified atom stereocenters. The van der Waals surface area contributed by atoms with E-state index in [-0.39, 0.29) is 10.4 Å². The molecule has 0 aliphatic carbocycles. The Morgan fingerprint density at radius 2 is 2.00 bits per heavy atom. The number of rotatable bonds is 1. The summed E-state index contributed by atoms with van der Waals surface area (Å²) < 4.78 is 28.0. The van der Waals surface area contributed by atoms with Gasteiger partial charge in [-0.1, -0.05) is 11.6 Å². The Bertz CT molecular complexity index is 500. The molecular formula is C8H3ClF2INS. The summed E-state index contributed by atoms with van der Waals surface area (Å²) in [6.07, 6.45) is 1.28. The molecule has 0 fully saturated rings. The van der Waals surface area contributed by atoms with Crippen molar-refractivity contribution in [2.45, 2.75) is 0 Å². The molecule has 6 heteroatoms. The van der Waals surface area contributed by atoms with Crippen molar-refractivity contribution in [3.05, 3.63) is 35.0 Å². The lowest BCUT2D eigenvalue weighted by Crippen LogP contribution is -1.81. The van der Waals surface area contributed by atoms with Crippen LogP contribution in [0.5, 0.6) is 0 Å². The molecule has 2 rings (SSSR count). The van der Waals surface area contributed by atoms with Gasteiger partial charge in [0.15, 0.2) is 5.82 Å². The molecule has 1 aromatic heterocycles. The molecule has 14 heavy (non-hydrogen) atoms. The Kier molecular flexibility index (Phi) is 2.90. The van der Waals surface area contributed by atoms with E-state index in [1.54, 1.807) is 3.97 Å². The van der Waals surface area contributed by atoms with Crippen molar-refractivity contribution in [1.29, 1.82) is 0 Å². The highest BCUT2D eigenvalue weighted by Crippen LogP contribution is 2.33. The summed E-state index contributed by atoms with van der Waals surface area (Å²) >= 11 is 7.67. The van der Waals surface area contributed by atoms with Crippen molar-refractivity contribution >= 4 is 52.8 Å². The van der Waals surface area contributed by atoms with Crippen LogP contribution >= 0.6 is 41.9 Å². The molecule has 0 saturated heterocycles. The Balaban J connectivity index is 2.89. The van der Waals surface area contributed by atoms with E-state index in [0.717, 1.165) is 0 Å². The zero-order valence-corrected chi connectivity index (χ0v) is 10.3. The third-order valence-electron chi connectivity index (χ3n) is 1.85. The molecule has 0 bridgehead atoms. The van der Waals surface area contributed by atoms with E-state index in [0.29, 0.717) is 5.52 Å². The summed E-state index contributed by atoms with van der Waals surface area (Å²) in [5, 5.41) is -0.0277. The minimum absolute atomic E-state index is 0.135. The average Bonchev–Trinajstić information content (AvgIpc) is 2.49. The number of halogens is 4. The molecule has 0 aliphatic rings. The van der Waals surface area contributed by atoms with Crippen LogP contribution in [0.25, 0.3) is 10.9 Å². The number of fused-ring (bicyclic) bond motifs is 1. The first-order valence-electron chi connectivity index (χ1n) is 3.58. The maximum atomic E-state index is 13.3. The molecule has 0 aliphatic heterocycles. The predicted molar refractivity (Wildman–Crippen MR) is 63.9 cm³/mol. The van der Waals surface area contributed by atoms with E-state index in [1.165, 1.54) is 27.4 Å². The second-order valence-electron chi connectivity index (χ2n) is 2.63. The lowest BCUT2D eigenvalue weighted by Gasteiger charge is -1.99. The molecule has 2 aromatic rings. The number of nitrogens with zero attached hydrogens (tertiary/aromatic N) is 1. The Morgan fingerprint density at radius 3 is 2.64 bits per heavy atom. The quantitative estimate of drug-likeness (QED) is 0.693. The zero-order valence-electron chi connectivity index (χ0n) is 6.60. The number of hydrogen-bond donors (Lipinski definition) is 0. The summed E-state index contributed by atoms with van der Waals surface area (Å²) in [5.41, 5.74) is 0.577. The van der Waals surface area contributed by atoms with Crippen molar-refractivity contribution in [3.63, 3.8) is 0 Å². The van der Waals surface area contributed by atoms with E-state index in [4.69, 9.17) is 11.6 Å². The third-order valence-corrected chi connectivity index (χ3v) is 3.95. The summed E-state index contributed by atoms with van der Waals surface area (Å²) in [6, 6.07) is 2.73. The largest absolute Gasteiger partial charge is 0.279 e. The number of aromatic nitrogens is 1. The topological polar surface area (TPSA) is 4.93 Å². The molecule has 0 radical (unpaired) electrons. The van der Waals surface area contributed by atoms with Gasteiger partial charge in [0.2, 0.25) is 0 Å². The van der Waals surface area contributed by atoms with Crippen LogP contribution in [0.1, 0.15) is 0 Å². The van der Waals surface area contributed by atoms with Gasteiger partial charge in [0.25, 0.3) is 0 Å². The van der Waals surface area contributed by atoms with E-state index in [2.05, 4.69) is 0 Å². The third kappa shape index (κ3) is 1.51. The van der Waals surface area contributed by atoms with E-state index in [9.17, 15) is 8.78 Å². The molecule has 1 nitrogen and oxygen atoms in total. The smallest absolute Gasteiger partial charge is 0.151 e. The van der Waals surface area contributed by atoms with Crippen LogP contribution < -0.4 is 0 Å². The van der Waals surface area contributed by atoms with Crippen molar-refractivity contribution in [2.75, 3.05) is 0 Å². The Morgan fingerprint density at radius 1 is 1.29 bits per heavy atom. The van der Waals surface area contributed by atoms with Crippen LogP contribution in [0.15, 0.2) is 18.3 Å². The van der Waals surface area contributed by atoms with Crippen LogP contribution in [0.4, 0.5) is 8.78 Å². The fourth-order valence-electron chi connectivity index (χ4n) is 1.25. The minimum atomic E-state index is -0.603. The van der Waals surface area contributed by atoms with Crippen LogP contribution in [0.3, 0.4) is 0 Å². The van der Waals surface area contributed by atoms with Crippen LogP contribution in [0.2, 0.25) is 5.02 Å². The molecular weight excluding hydrogens is 343 g/mol. The van der Waals surface area contributed by atoms with Crippen LogP contribution in [-0.4, -0.2) is 3.97 Å². The second-order valence-corrected chi connectivity index (χ2v) is 4.72. The minimum Gasteiger partial charge on any atom is -0.279 e. The van der Waals surface area contributed by atoms with Crippen molar-refractivity contribution in [2.24, 2.45) is 0 Å². The molecule has 1 heterocycles. The Hall–Kier alpha value is -0.0100. The monoisotopic (exact) mass is 345 g/mol. The predicted octanol–water partition coefficient (Wildman–Crippen LogP) is 4.42. The maximum Gasteiger partial charge on any atom is 0.151 e. The summed E-state index contributed by atoms with van der Waals surface area (Å²) in [5.74, 6) is -1.11. The summed E-state index contributed by atoms with van der Waals surface area (Å²) in [7, 11) is 1.30. The van der Waals surface area contributed by atoms with Gasteiger partial charge in [0.1, 0.15) is 5.82 Å². The van der Waals surface area contributed by atoms with Gasteiger partial charge in [0, 0.05) is 30.3 Å². The first-order chi connectivity index (χ1) is 6.65. The summed E-state index contributed by atoms with van der Waals surface area (Å²) in [6.45, 7) is 0. The number of benzene rings is 1. The first-order valence-corrected chi connectivity index (χ1v) is 7.28. The Labute approximate surface area is 100 Å². The van der Waals surface area contributed by atoms with Gasteiger partial charge in [-0.25, -0.2) is 8.78 Å². The van der Waals surface area contributed by atoms with Crippen molar-refractivity contribution in [3.8, 4) is 0 Å². The summed E-state index contributed by atoms with van der Waals surface area (Å²) in [4.78, 5) is 0. The second kappa shape index (κ2) is 3.86. The van der Waals surface area contributed by atoms with E-state index in [1.807, 2.05) is 21.2 Å². The molecule has 0 atom stereocenters. The lowest BCUT2D eigenvalue weighted by molar-refractivity contribution is 0.623. The van der Waals surface area contributed by atoms with Gasteiger partial charge in [-0.3, -0.25) is 3.97 Å². The molecule has 0 N–H and O–H groups in total. The van der Waals surface area contributed by atoms with Gasteiger partial charge in [-0.2, -0.15) is 0 Å². The molecule has 0 amide bonds. The highest BCUT2D eigenvalue weighted by molar-refractivity contribution is 14.2. The highest BCUT2D eigenvalue weighted by atomic mass is 127. The highest BCUT2D eigenvalue weighted by Gasteiger charge is 2.14. The van der Waals surface area contributed by atoms with Crippen molar-refractivity contribution < 1.29 is 8.78 Å². The fraction of sp³-hybridized carbons (Fsp3) is 0. The van der Waals surface area contributed by atoms with Gasteiger partial charge in [0.05, 0.1) is 22.1 Å². The van der Waals surface area contributed by atoms with Gasteiger partial charge >= 0.3 is 0 Å². The molecule has 74 valence electrons. The van der Waals surface area contributed by atoms with Gasteiger partial charge in [-0.05, 0) is 12.1 Å². The maximum absolute atomic E-state index is 13.3. The zero-order chi connectivity index (χ0) is 10.3. The van der Waals surface area contributed by atoms with E-state index >= 15 is 0 Å². The van der Waals surface area contributed by atoms with Crippen molar-refractivity contribution in [1.82, 2.24) is 3.97 Å².